The van der Waals surface area contributed by atoms with Crippen LogP contribution >= 0.6 is 21.6 Å². The van der Waals surface area contributed by atoms with E-state index in [2.05, 4.69) is 16.6 Å². The van der Waals surface area contributed by atoms with Crippen molar-refractivity contribution < 1.29 is 0 Å². The molecule has 0 radical (unpaired) electrons. The molecular formula is C9H10N2S2. The van der Waals surface area contributed by atoms with Gasteiger partial charge in [-0.25, -0.2) is 4.98 Å². The fraction of sp³-hybridized carbons (Fsp3) is 0.111. The van der Waals surface area contributed by atoms with Gasteiger partial charge in [0, 0.05) is 12.4 Å². The first-order chi connectivity index (χ1) is 6.33. The number of aliphatic imine (C=N–C) groups is 1. The van der Waals surface area contributed by atoms with E-state index in [4.69, 9.17) is 0 Å². The van der Waals surface area contributed by atoms with Crippen LogP contribution in [0.2, 0.25) is 0 Å². The predicted molar refractivity (Wildman–Crippen MR) is 61.0 cm³/mol. The zero-order valence-corrected chi connectivity index (χ0v) is 8.94. The third kappa shape index (κ3) is 4.15. The summed E-state index contributed by atoms with van der Waals surface area (Å²) in [7, 11) is 3.18. The second-order valence-electron chi connectivity index (χ2n) is 2.17. The van der Waals surface area contributed by atoms with Gasteiger partial charge in [-0.1, -0.05) is 12.6 Å². The highest BCUT2D eigenvalue weighted by Crippen LogP contribution is 2.29. The number of rotatable bonds is 3. The van der Waals surface area contributed by atoms with Crippen molar-refractivity contribution in [2.24, 2.45) is 4.99 Å². The number of nitrogens with zero attached hydrogens (tertiary/aromatic N) is 2. The van der Waals surface area contributed by atoms with Crippen LogP contribution in [-0.4, -0.2) is 10.0 Å². The highest BCUT2D eigenvalue weighted by atomic mass is 33.1. The molecule has 0 atom stereocenters. The molecule has 0 aliphatic rings. The second kappa shape index (κ2) is 5.83. The van der Waals surface area contributed by atoms with Crippen LogP contribution in [0.25, 0.3) is 0 Å². The molecule has 0 aromatic carbocycles. The summed E-state index contributed by atoms with van der Waals surface area (Å²) in [5.74, 6) is 0. The third-order valence-electron chi connectivity index (χ3n) is 1.16. The SMILES string of the molecule is C=CN=C(C)SSc1ccccn1. The standard InChI is InChI=1S/C9H10N2S2/c1-3-10-8(2)12-13-9-6-4-5-7-11-9/h3-7H,1H2,2H3. The molecule has 1 aromatic rings. The largest absolute Gasteiger partial charge is 0.254 e. The van der Waals surface area contributed by atoms with Crippen molar-refractivity contribution in [2.45, 2.75) is 11.9 Å². The fourth-order valence-corrected chi connectivity index (χ4v) is 2.25. The normalized spacial score (nSPS) is 11.3. The van der Waals surface area contributed by atoms with E-state index in [9.17, 15) is 0 Å². The Morgan fingerprint density at radius 2 is 2.46 bits per heavy atom. The fourth-order valence-electron chi connectivity index (χ4n) is 0.649. The third-order valence-corrected chi connectivity index (χ3v) is 3.49. The van der Waals surface area contributed by atoms with Crippen LogP contribution in [0.4, 0.5) is 0 Å². The topological polar surface area (TPSA) is 25.2 Å². The van der Waals surface area contributed by atoms with E-state index in [0.29, 0.717) is 0 Å². The van der Waals surface area contributed by atoms with Crippen molar-refractivity contribution >= 4 is 26.6 Å². The van der Waals surface area contributed by atoms with Gasteiger partial charge in [0.25, 0.3) is 0 Å². The highest BCUT2D eigenvalue weighted by molar-refractivity contribution is 8.82. The second-order valence-corrected chi connectivity index (χ2v) is 4.51. The van der Waals surface area contributed by atoms with Crippen LogP contribution in [0, 0.1) is 0 Å². The van der Waals surface area contributed by atoms with Crippen molar-refractivity contribution in [3.63, 3.8) is 0 Å². The molecule has 1 rings (SSSR count). The summed E-state index contributed by atoms with van der Waals surface area (Å²) >= 11 is 0. The maximum Gasteiger partial charge on any atom is 0.107 e. The molecule has 0 saturated carbocycles. The minimum atomic E-state index is 0.977. The van der Waals surface area contributed by atoms with Gasteiger partial charge in [0.1, 0.15) is 5.03 Å². The maximum atomic E-state index is 4.17. The Hall–Kier alpha value is -0.740. The monoisotopic (exact) mass is 210 g/mol. The molecule has 0 unspecified atom stereocenters. The van der Waals surface area contributed by atoms with Crippen molar-refractivity contribution in [2.75, 3.05) is 0 Å². The molecule has 13 heavy (non-hydrogen) atoms. The Balaban J connectivity index is 2.44. The van der Waals surface area contributed by atoms with Gasteiger partial charge in [-0.15, -0.1) is 0 Å². The first-order valence-electron chi connectivity index (χ1n) is 3.74. The van der Waals surface area contributed by atoms with Crippen LogP contribution < -0.4 is 0 Å². The minimum absolute atomic E-state index is 0.977. The Labute approximate surface area is 86.0 Å². The average Bonchev–Trinajstić information content (AvgIpc) is 2.17. The maximum absolute atomic E-state index is 4.17. The van der Waals surface area contributed by atoms with Gasteiger partial charge in [-0.3, -0.25) is 4.99 Å². The molecule has 0 saturated heterocycles. The van der Waals surface area contributed by atoms with Crippen molar-refractivity contribution in [3.8, 4) is 0 Å². The quantitative estimate of drug-likeness (QED) is 0.434. The summed E-state index contributed by atoms with van der Waals surface area (Å²) in [6, 6.07) is 5.84. The van der Waals surface area contributed by atoms with E-state index in [1.165, 1.54) is 0 Å². The summed E-state index contributed by atoms with van der Waals surface area (Å²) in [5.41, 5.74) is 0. The summed E-state index contributed by atoms with van der Waals surface area (Å²) < 4.78 is 0. The lowest BCUT2D eigenvalue weighted by Crippen LogP contribution is -1.79. The number of hydrogen-bond acceptors (Lipinski definition) is 4. The van der Waals surface area contributed by atoms with Crippen LogP contribution in [0.15, 0.2) is 47.2 Å². The Morgan fingerprint density at radius 1 is 1.62 bits per heavy atom. The molecule has 0 amide bonds. The van der Waals surface area contributed by atoms with Gasteiger partial charge in [-0.2, -0.15) is 0 Å². The first-order valence-corrected chi connectivity index (χ1v) is 5.89. The van der Waals surface area contributed by atoms with Crippen molar-refractivity contribution in [3.05, 3.63) is 37.2 Å². The van der Waals surface area contributed by atoms with E-state index >= 15 is 0 Å². The Kier molecular flexibility index (Phi) is 4.64. The molecule has 0 aliphatic carbocycles. The smallest absolute Gasteiger partial charge is 0.107 e. The van der Waals surface area contributed by atoms with Crippen LogP contribution in [0.1, 0.15) is 6.92 Å². The molecule has 2 nitrogen and oxygen atoms in total. The molecule has 0 fully saturated rings. The van der Waals surface area contributed by atoms with Crippen LogP contribution in [0.3, 0.4) is 0 Å². The van der Waals surface area contributed by atoms with Gasteiger partial charge in [0.15, 0.2) is 0 Å². The molecule has 0 bridgehead atoms. The lowest BCUT2D eigenvalue weighted by molar-refractivity contribution is 1.14. The zero-order valence-electron chi connectivity index (χ0n) is 7.30. The van der Waals surface area contributed by atoms with E-state index in [-0.39, 0.29) is 0 Å². The highest BCUT2D eigenvalue weighted by Gasteiger charge is 1.96. The predicted octanol–water partition coefficient (Wildman–Crippen LogP) is 3.38. The van der Waals surface area contributed by atoms with E-state index in [1.54, 1.807) is 34.0 Å². The first kappa shape index (κ1) is 10.3. The number of pyridine rings is 1. The molecule has 1 aromatic heterocycles. The number of aromatic nitrogens is 1. The van der Waals surface area contributed by atoms with Crippen molar-refractivity contribution in [1.29, 1.82) is 0 Å². The molecule has 0 N–H and O–H groups in total. The minimum Gasteiger partial charge on any atom is -0.254 e. The molecule has 68 valence electrons. The number of hydrogen-bond donors (Lipinski definition) is 0. The van der Waals surface area contributed by atoms with Crippen LogP contribution in [-0.2, 0) is 0 Å². The average molecular weight is 210 g/mol. The van der Waals surface area contributed by atoms with Crippen molar-refractivity contribution in [1.82, 2.24) is 4.98 Å². The lowest BCUT2D eigenvalue weighted by Gasteiger charge is -1.97. The molecule has 0 aliphatic heterocycles. The van der Waals surface area contributed by atoms with Gasteiger partial charge in [0.05, 0.1) is 5.04 Å². The van der Waals surface area contributed by atoms with E-state index in [1.807, 2.05) is 25.1 Å². The zero-order chi connectivity index (χ0) is 9.52. The van der Waals surface area contributed by atoms with E-state index < -0.39 is 0 Å². The summed E-state index contributed by atoms with van der Waals surface area (Å²) in [4.78, 5) is 8.21. The summed E-state index contributed by atoms with van der Waals surface area (Å²) in [5, 5.41) is 1.97. The molecular weight excluding hydrogens is 200 g/mol. The summed E-state index contributed by atoms with van der Waals surface area (Å²) in [6.45, 7) is 5.48. The van der Waals surface area contributed by atoms with Crippen LogP contribution in [0.5, 0.6) is 0 Å². The van der Waals surface area contributed by atoms with E-state index in [0.717, 1.165) is 10.1 Å². The van der Waals surface area contributed by atoms with Gasteiger partial charge < -0.3 is 0 Å². The molecule has 1 heterocycles. The Morgan fingerprint density at radius 3 is 3.08 bits per heavy atom. The Bertz CT molecular complexity index is 296. The van der Waals surface area contributed by atoms with Gasteiger partial charge in [0.2, 0.25) is 0 Å². The molecule has 4 heteroatoms. The molecule has 0 spiro atoms. The van der Waals surface area contributed by atoms with Gasteiger partial charge in [-0.05, 0) is 40.6 Å². The van der Waals surface area contributed by atoms with Gasteiger partial charge >= 0.3 is 0 Å². The lowest BCUT2D eigenvalue weighted by atomic mass is 10.5. The summed E-state index contributed by atoms with van der Waals surface area (Å²) in [6.07, 6.45) is 3.32.